The Morgan fingerprint density at radius 1 is 1.67 bits per heavy atom. The molecule has 0 aromatic rings. The Morgan fingerprint density at radius 3 is 2.00 bits per heavy atom. The van der Waals surface area contributed by atoms with Gasteiger partial charge in [-0.3, -0.25) is 0 Å². The van der Waals surface area contributed by atoms with Crippen molar-refractivity contribution in [2.45, 2.75) is 17.6 Å². The monoisotopic (exact) mass is 165 g/mol. The molecule has 0 aliphatic heterocycles. The number of hydrogen-bond acceptors (Lipinski definition) is 1. The largest absolute Gasteiger partial charge is 0.306 e. The molecule has 0 bridgehead atoms. The van der Waals surface area contributed by atoms with E-state index in [1.54, 1.807) is 0 Å². The quantitative estimate of drug-likeness (QED) is 0.446. The third kappa shape index (κ3) is 2.23. The minimum Gasteiger partial charge on any atom is -0.306 e. The van der Waals surface area contributed by atoms with E-state index in [0.717, 1.165) is 0 Å². The SMILES string of the molecule is O=S(O)C1CC1(F)F.[Na]. The summed E-state index contributed by atoms with van der Waals surface area (Å²) in [6.07, 6.45) is -0.434. The average molecular weight is 165 g/mol. The maximum absolute atomic E-state index is 11.7. The zero-order chi connectivity index (χ0) is 6.36. The maximum atomic E-state index is 11.7. The van der Waals surface area contributed by atoms with Crippen molar-refractivity contribution in [1.29, 1.82) is 0 Å². The standard InChI is InChI=1S/C3H4F2O2S.Na/c4-3(5)1-2(3)8(6)7;/h2H,1H2,(H,6,7);. The molecule has 0 spiro atoms. The molecule has 0 saturated heterocycles. The van der Waals surface area contributed by atoms with E-state index >= 15 is 0 Å². The fourth-order valence-electron chi connectivity index (χ4n) is 0.407. The van der Waals surface area contributed by atoms with Crippen molar-refractivity contribution in [3.63, 3.8) is 0 Å². The summed E-state index contributed by atoms with van der Waals surface area (Å²) in [5, 5.41) is -1.29. The zero-order valence-corrected chi connectivity index (χ0v) is 7.62. The molecule has 1 radical (unpaired) electrons. The van der Waals surface area contributed by atoms with E-state index in [-0.39, 0.29) is 29.6 Å². The summed E-state index contributed by atoms with van der Waals surface area (Å²) in [5.41, 5.74) is 0. The number of alkyl halides is 2. The molecule has 0 aromatic carbocycles. The van der Waals surface area contributed by atoms with Gasteiger partial charge in [0.25, 0.3) is 5.92 Å². The van der Waals surface area contributed by atoms with Crippen LogP contribution in [0, 0.1) is 0 Å². The van der Waals surface area contributed by atoms with Gasteiger partial charge in [-0.2, -0.15) is 0 Å². The maximum Gasteiger partial charge on any atom is 0.266 e. The minimum absolute atomic E-state index is 0. The van der Waals surface area contributed by atoms with E-state index in [1.807, 2.05) is 0 Å². The Morgan fingerprint density at radius 2 is 2.00 bits per heavy atom. The number of rotatable bonds is 1. The molecule has 0 heterocycles. The molecule has 0 aromatic heterocycles. The molecule has 1 aliphatic rings. The van der Waals surface area contributed by atoms with Gasteiger partial charge in [-0.05, 0) is 0 Å². The molecule has 1 rings (SSSR count). The molecule has 1 fully saturated rings. The van der Waals surface area contributed by atoms with Gasteiger partial charge < -0.3 is 4.55 Å². The summed E-state index contributed by atoms with van der Waals surface area (Å²) in [4.78, 5) is 0. The van der Waals surface area contributed by atoms with Gasteiger partial charge in [-0.15, -0.1) is 0 Å². The first-order valence-corrected chi connectivity index (χ1v) is 3.18. The van der Waals surface area contributed by atoms with Gasteiger partial charge in [0, 0.05) is 36.0 Å². The molecule has 1 saturated carbocycles. The predicted molar refractivity (Wildman–Crippen MR) is 29.9 cm³/mol. The second kappa shape index (κ2) is 2.92. The van der Waals surface area contributed by atoms with Gasteiger partial charge >= 0.3 is 0 Å². The van der Waals surface area contributed by atoms with Gasteiger partial charge in [0.15, 0.2) is 11.1 Å². The Bertz CT molecular complexity index is 140. The molecular weight excluding hydrogens is 161 g/mol. The second-order valence-electron chi connectivity index (χ2n) is 1.73. The van der Waals surface area contributed by atoms with Crippen molar-refractivity contribution in [1.82, 2.24) is 0 Å². The fourth-order valence-corrected chi connectivity index (χ4v) is 1.07. The molecule has 1 aliphatic carbocycles. The van der Waals surface area contributed by atoms with Crippen molar-refractivity contribution < 1.29 is 17.5 Å². The van der Waals surface area contributed by atoms with Crippen molar-refractivity contribution in [2.24, 2.45) is 0 Å². The van der Waals surface area contributed by atoms with Crippen molar-refractivity contribution in [3.05, 3.63) is 0 Å². The fraction of sp³-hybridized carbons (Fsp3) is 1.00. The van der Waals surface area contributed by atoms with Crippen LogP contribution in [-0.4, -0.2) is 49.5 Å². The first kappa shape index (κ1) is 9.97. The Balaban J connectivity index is 0.000000640. The molecule has 1 N–H and O–H groups in total. The third-order valence-corrected chi connectivity index (χ3v) is 2.01. The number of hydrogen-bond donors (Lipinski definition) is 1. The van der Waals surface area contributed by atoms with Crippen LogP contribution in [0.25, 0.3) is 0 Å². The Hall–Kier alpha value is 0.970. The van der Waals surface area contributed by atoms with E-state index in [0.29, 0.717) is 0 Å². The summed E-state index contributed by atoms with van der Waals surface area (Å²) >= 11 is -2.33. The van der Waals surface area contributed by atoms with E-state index in [2.05, 4.69) is 0 Å². The summed E-state index contributed by atoms with van der Waals surface area (Å²) in [6, 6.07) is 0. The molecule has 49 valence electrons. The van der Waals surface area contributed by atoms with Crippen LogP contribution < -0.4 is 0 Å². The molecule has 6 heteroatoms. The first-order valence-electron chi connectivity index (χ1n) is 2.01. The Labute approximate surface area is 75.6 Å². The van der Waals surface area contributed by atoms with Crippen LogP contribution >= 0.6 is 0 Å². The molecule has 2 unspecified atom stereocenters. The van der Waals surface area contributed by atoms with Crippen molar-refractivity contribution in [2.75, 3.05) is 0 Å². The molecule has 0 amide bonds. The van der Waals surface area contributed by atoms with Gasteiger partial charge in [0.2, 0.25) is 0 Å². The first-order chi connectivity index (χ1) is 3.54. The summed E-state index contributed by atoms with van der Waals surface area (Å²) in [7, 11) is 0. The molecular formula is C3H4F2NaO2S. The van der Waals surface area contributed by atoms with Crippen molar-refractivity contribution >= 4 is 40.6 Å². The van der Waals surface area contributed by atoms with Gasteiger partial charge in [0.05, 0.1) is 0 Å². The van der Waals surface area contributed by atoms with Crippen LogP contribution in [0.3, 0.4) is 0 Å². The zero-order valence-electron chi connectivity index (χ0n) is 4.80. The van der Waals surface area contributed by atoms with Gasteiger partial charge in [-0.1, -0.05) is 0 Å². The third-order valence-electron chi connectivity index (χ3n) is 1.01. The van der Waals surface area contributed by atoms with Crippen LogP contribution in [0.15, 0.2) is 0 Å². The van der Waals surface area contributed by atoms with Crippen molar-refractivity contribution in [3.8, 4) is 0 Å². The predicted octanol–water partition coefficient (Wildman–Crippen LogP) is 0.235. The minimum atomic E-state index is -2.86. The van der Waals surface area contributed by atoms with Crippen LogP contribution in [0.1, 0.15) is 6.42 Å². The summed E-state index contributed by atoms with van der Waals surface area (Å²) in [6.45, 7) is 0. The van der Waals surface area contributed by atoms with Crippen LogP contribution in [0.2, 0.25) is 0 Å². The second-order valence-corrected chi connectivity index (χ2v) is 2.85. The van der Waals surface area contributed by atoms with Gasteiger partial charge in [0.1, 0.15) is 5.25 Å². The van der Waals surface area contributed by atoms with E-state index in [4.69, 9.17) is 4.55 Å². The summed E-state index contributed by atoms with van der Waals surface area (Å²) < 4.78 is 41.2. The molecule has 9 heavy (non-hydrogen) atoms. The van der Waals surface area contributed by atoms with E-state index < -0.39 is 28.7 Å². The molecule has 2 nitrogen and oxygen atoms in total. The van der Waals surface area contributed by atoms with Crippen LogP contribution in [0.5, 0.6) is 0 Å². The Kier molecular flexibility index (Phi) is 3.23. The number of halogens is 2. The average Bonchev–Trinajstić information content (AvgIpc) is 2.13. The smallest absolute Gasteiger partial charge is 0.266 e. The van der Waals surface area contributed by atoms with Crippen LogP contribution in [0.4, 0.5) is 8.78 Å². The topological polar surface area (TPSA) is 37.3 Å². The van der Waals surface area contributed by atoms with E-state index in [1.165, 1.54) is 0 Å². The van der Waals surface area contributed by atoms with E-state index in [9.17, 15) is 13.0 Å². The van der Waals surface area contributed by atoms with Crippen LogP contribution in [-0.2, 0) is 11.1 Å². The normalized spacial score (nSPS) is 32.6. The summed E-state index contributed by atoms with van der Waals surface area (Å²) in [5.74, 6) is -2.86. The van der Waals surface area contributed by atoms with Gasteiger partial charge in [-0.25, -0.2) is 13.0 Å². The molecule has 2 atom stereocenters.